The molecule has 2 aliphatic heterocycles. The number of fused-ring (bicyclic) bond motifs is 1. The molecule has 3 rings (SSSR count). The Balaban J connectivity index is 1.86. The Morgan fingerprint density at radius 1 is 1.24 bits per heavy atom. The number of nitrogens with one attached hydrogen (secondary N) is 1. The molecule has 8 heteroatoms. The number of ketones is 1. The van der Waals surface area contributed by atoms with Gasteiger partial charge in [0.05, 0.1) is 41.8 Å². The van der Waals surface area contributed by atoms with E-state index in [0.717, 1.165) is 24.8 Å². The highest BCUT2D eigenvalue weighted by atomic mass is 16.6. The van der Waals surface area contributed by atoms with Crippen molar-refractivity contribution in [3.8, 4) is 0 Å². The summed E-state index contributed by atoms with van der Waals surface area (Å²) in [7, 11) is 0. The van der Waals surface area contributed by atoms with Gasteiger partial charge in [-0.05, 0) is 52.0 Å². The Kier molecular flexibility index (Phi) is 9.76. The van der Waals surface area contributed by atoms with Crippen LogP contribution < -0.4 is 5.32 Å². The maximum Gasteiger partial charge on any atom is 0.223 e. The van der Waals surface area contributed by atoms with Gasteiger partial charge in [0.2, 0.25) is 5.91 Å². The van der Waals surface area contributed by atoms with Crippen LogP contribution in [-0.4, -0.2) is 56.8 Å². The Bertz CT molecular complexity index is 1040. The second kappa shape index (κ2) is 12.3. The molecule has 1 aromatic rings. The zero-order valence-corrected chi connectivity index (χ0v) is 24.0. The topological polar surface area (TPSA) is 125 Å². The summed E-state index contributed by atoms with van der Waals surface area (Å²) in [5, 5.41) is 25.4. The number of ether oxygens (including phenoxy) is 1. The molecule has 3 N–H and O–H groups in total. The second-order valence-electron chi connectivity index (χ2n) is 12.3. The van der Waals surface area contributed by atoms with Crippen LogP contribution in [0.15, 0.2) is 28.4 Å². The standard InChI is InChI=1S/C30H46N2O6/c1-18(2)10-13-23-27(35)19(3)9-8-14-30(7)25(38-30)15-21(11-12-22-17-37-20(4)31-22)32-26(34)16-24(33)29(5,6)28(23)36/h10-12,17,19,21,23-25,27,33,35H,8-9,13-16H2,1-7H3,(H,32,34)/t19-,21+,23+,24-,25?,27+,30?/m0/s1. The van der Waals surface area contributed by atoms with Crippen LogP contribution in [-0.2, 0) is 14.3 Å². The first-order valence-electron chi connectivity index (χ1n) is 13.8. The van der Waals surface area contributed by atoms with E-state index in [1.165, 1.54) is 0 Å². The van der Waals surface area contributed by atoms with E-state index in [0.29, 0.717) is 24.4 Å². The number of hydrogen-bond acceptors (Lipinski definition) is 7. The van der Waals surface area contributed by atoms with Crippen molar-refractivity contribution in [2.24, 2.45) is 17.3 Å². The fourth-order valence-corrected chi connectivity index (χ4v) is 5.34. The molecular weight excluding hydrogens is 484 g/mol. The number of epoxide rings is 1. The van der Waals surface area contributed by atoms with Crippen LogP contribution in [0.1, 0.15) is 91.7 Å². The van der Waals surface area contributed by atoms with E-state index >= 15 is 0 Å². The average molecular weight is 531 g/mol. The Morgan fingerprint density at radius 2 is 1.95 bits per heavy atom. The normalized spacial score (nSPS) is 35.0. The van der Waals surface area contributed by atoms with Crippen LogP contribution in [0.5, 0.6) is 0 Å². The van der Waals surface area contributed by atoms with Crippen LogP contribution in [0.3, 0.4) is 0 Å². The molecule has 38 heavy (non-hydrogen) atoms. The number of hydrogen-bond donors (Lipinski definition) is 3. The van der Waals surface area contributed by atoms with Gasteiger partial charge in [-0.1, -0.05) is 44.9 Å². The maximum atomic E-state index is 13.8. The molecule has 0 aromatic carbocycles. The minimum Gasteiger partial charge on any atom is -0.449 e. The van der Waals surface area contributed by atoms with E-state index in [1.807, 2.05) is 32.9 Å². The van der Waals surface area contributed by atoms with Crippen molar-refractivity contribution in [3.63, 3.8) is 0 Å². The van der Waals surface area contributed by atoms with Crippen LogP contribution in [0.25, 0.3) is 6.08 Å². The summed E-state index contributed by atoms with van der Waals surface area (Å²) in [6, 6.07) is -0.337. The molecule has 212 valence electrons. The molecule has 2 unspecified atom stereocenters. The van der Waals surface area contributed by atoms with Crippen molar-refractivity contribution in [3.05, 3.63) is 35.6 Å². The van der Waals surface area contributed by atoms with E-state index in [4.69, 9.17) is 9.15 Å². The van der Waals surface area contributed by atoms with E-state index in [1.54, 1.807) is 33.1 Å². The maximum absolute atomic E-state index is 13.8. The van der Waals surface area contributed by atoms with E-state index in [-0.39, 0.29) is 41.8 Å². The summed E-state index contributed by atoms with van der Waals surface area (Å²) in [5.74, 6) is -0.781. The van der Waals surface area contributed by atoms with Crippen molar-refractivity contribution >= 4 is 17.8 Å². The third-order valence-electron chi connectivity index (χ3n) is 8.28. The predicted octanol–water partition coefficient (Wildman–Crippen LogP) is 4.53. The second-order valence-corrected chi connectivity index (χ2v) is 12.3. The number of aromatic nitrogens is 1. The molecule has 0 spiro atoms. The molecule has 2 aliphatic rings. The average Bonchev–Trinajstić information content (AvgIpc) is 3.26. The van der Waals surface area contributed by atoms with Gasteiger partial charge in [0.1, 0.15) is 17.7 Å². The zero-order chi connectivity index (χ0) is 28.3. The molecule has 3 heterocycles. The highest BCUT2D eigenvalue weighted by Crippen LogP contribution is 2.44. The van der Waals surface area contributed by atoms with Gasteiger partial charge in [-0.15, -0.1) is 0 Å². The van der Waals surface area contributed by atoms with Crippen molar-refractivity contribution in [2.75, 3.05) is 0 Å². The van der Waals surface area contributed by atoms with Crippen LogP contribution >= 0.6 is 0 Å². The first-order valence-corrected chi connectivity index (χ1v) is 13.8. The summed E-state index contributed by atoms with van der Waals surface area (Å²) >= 11 is 0. The first-order chi connectivity index (χ1) is 17.7. The van der Waals surface area contributed by atoms with Gasteiger partial charge in [0, 0.05) is 19.3 Å². The molecular formula is C30H46N2O6. The van der Waals surface area contributed by atoms with Crippen molar-refractivity contribution in [1.82, 2.24) is 10.3 Å². The SMILES string of the molecule is CC(C)=CC[C@H]1C(=O)C(C)(C)[C@@H](O)CC(=O)N[C@H](C=Cc2coc(C)n2)CC2OC2(C)CCC[C@H](C)[C@H]1O. The minimum absolute atomic E-state index is 0.0158. The molecule has 2 fully saturated rings. The van der Waals surface area contributed by atoms with Gasteiger partial charge in [-0.25, -0.2) is 4.98 Å². The Hall–Kier alpha value is -2.29. The number of Topliss-reactive ketones (excluding diaryl/α,β-unsaturated/α-hetero) is 1. The molecule has 0 saturated carbocycles. The van der Waals surface area contributed by atoms with Gasteiger partial charge in [-0.3, -0.25) is 9.59 Å². The third-order valence-corrected chi connectivity index (χ3v) is 8.28. The summed E-state index contributed by atoms with van der Waals surface area (Å²) < 4.78 is 11.3. The van der Waals surface area contributed by atoms with Crippen LogP contribution in [0.2, 0.25) is 0 Å². The third kappa shape index (κ3) is 7.64. The lowest BCUT2D eigenvalue weighted by Crippen LogP contribution is -2.48. The molecule has 0 radical (unpaired) electrons. The molecule has 1 amide bonds. The molecule has 8 nitrogen and oxygen atoms in total. The Labute approximate surface area is 226 Å². The fraction of sp³-hybridized carbons (Fsp3) is 0.700. The van der Waals surface area contributed by atoms with E-state index in [2.05, 4.69) is 17.2 Å². The lowest BCUT2D eigenvalue weighted by Gasteiger charge is -2.36. The highest BCUT2D eigenvalue weighted by molar-refractivity contribution is 5.88. The number of oxazole rings is 1. The number of nitrogens with zero attached hydrogens (tertiary/aromatic N) is 1. The lowest BCUT2D eigenvalue weighted by molar-refractivity contribution is -0.143. The van der Waals surface area contributed by atoms with Crippen molar-refractivity contribution in [2.45, 2.75) is 117 Å². The zero-order valence-electron chi connectivity index (χ0n) is 24.0. The summed E-state index contributed by atoms with van der Waals surface area (Å²) in [6.07, 6.45) is 8.33. The molecule has 0 aliphatic carbocycles. The Morgan fingerprint density at radius 3 is 2.58 bits per heavy atom. The molecule has 2 saturated heterocycles. The number of rotatable bonds is 4. The lowest BCUT2D eigenvalue weighted by atomic mass is 9.71. The van der Waals surface area contributed by atoms with Crippen molar-refractivity contribution in [1.29, 1.82) is 0 Å². The summed E-state index contributed by atoms with van der Waals surface area (Å²) in [4.78, 5) is 31.1. The van der Waals surface area contributed by atoms with Gasteiger partial charge >= 0.3 is 0 Å². The minimum atomic E-state index is -1.21. The number of aliphatic hydroxyl groups is 2. The summed E-state index contributed by atoms with van der Waals surface area (Å²) in [5.41, 5.74) is 0.219. The van der Waals surface area contributed by atoms with Gasteiger partial charge < -0.3 is 24.7 Å². The van der Waals surface area contributed by atoms with E-state index < -0.39 is 23.5 Å². The van der Waals surface area contributed by atoms with Crippen LogP contribution in [0.4, 0.5) is 0 Å². The molecule has 1 aromatic heterocycles. The van der Waals surface area contributed by atoms with Crippen molar-refractivity contribution < 1.29 is 29.0 Å². The number of allylic oxidation sites excluding steroid dienone is 2. The number of amides is 1. The number of carbonyl (C=O) groups excluding carboxylic acids is 2. The largest absolute Gasteiger partial charge is 0.449 e. The number of carbonyl (C=O) groups is 2. The van der Waals surface area contributed by atoms with Gasteiger partial charge in [0.15, 0.2) is 5.89 Å². The van der Waals surface area contributed by atoms with Crippen LogP contribution in [0, 0.1) is 24.2 Å². The smallest absolute Gasteiger partial charge is 0.223 e. The van der Waals surface area contributed by atoms with E-state index in [9.17, 15) is 19.8 Å². The van der Waals surface area contributed by atoms with Gasteiger partial charge in [-0.2, -0.15) is 0 Å². The molecule has 0 bridgehead atoms. The summed E-state index contributed by atoms with van der Waals surface area (Å²) in [6.45, 7) is 13.1. The van der Waals surface area contributed by atoms with Gasteiger partial charge in [0.25, 0.3) is 0 Å². The predicted molar refractivity (Wildman–Crippen MR) is 146 cm³/mol. The number of aliphatic hydroxyl groups excluding tert-OH is 2. The quantitative estimate of drug-likeness (QED) is 0.386. The number of aryl methyl sites for hydroxylation is 1. The fourth-order valence-electron chi connectivity index (χ4n) is 5.34. The first kappa shape index (κ1) is 30.3. The molecule has 7 atom stereocenters. The highest BCUT2D eigenvalue weighted by Gasteiger charge is 2.52. The monoisotopic (exact) mass is 530 g/mol.